The Morgan fingerprint density at radius 3 is 2.57 bits per heavy atom. The van der Waals surface area contributed by atoms with Crippen LogP contribution in [-0.4, -0.2) is 64.7 Å². The molecule has 0 aliphatic carbocycles. The molecule has 1 amide bonds. The lowest BCUT2D eigenvalue weighted by Gasteiger charge is -2.36. The Hall–Kier alpha value is -3.41. The molecule has 1 aromatic carbocycles. The van der Waals surface area contributed by atoms with Crippen molar-refractivity contribution in [2.45, 2.75) is 39.0 Å². The van der Waals surface area contributed by atoms with Crippen molar-refractivity contribution in [1.82, 2.24) is 30.6 Å². The van der Waals surface area contributed by atoms with Crippen molar-refractivity contribution in [3.63, 3.8) is 0 Å². The zero-order valence-corrected chi connectivity index (χ0v) is 21.0. The molecule has 0 atom stereocenters. The summed E-state index contributed by atoms with van der Waals surface area (Å²) in [5.74, 6) is 0.614. The molecule has 0 radical (unpaired) electrons. The molecule has 4 N–H and O–H groups in total. The molecule has 0 unspecified atom stereocenters. The third-order valence-corrected chi connectivity index (χ3v) is 6.58. The summed E-state index contributed by atoms with van der Waals surface area (Å²) in [7, 11) is 0. The molecule has 10 nitrogen and oxygen atoms in total. The van der Waals surface area contributed by atoms with E-state index in [1.54, 1.807) is 18.3 Å². The smallest absolute Gasteiger partial charge is 0.223 e. The lowest BCUT2D eigenvalue weighted by Crippen LogP contribution is -2.45. The zero-order chi connectivity index (χ0) is 25.8. The summed E-state index contributed by atoms with van der Waals surface area (Å²) in [5, 5.41) is 9.62. The average molecular weight is 510 g/mol. The largest absolute Gasteiger partial charge is 0.356 e. The van der Waals surface area contributed by atoms with Crippen molar-refractivity contribution < 1.29 is 18.7 Å². The summed E-state index contributed by atoms with van der Waals surface area (Å²) in [6.07, 6.45) is 2.99. The number of piperidine rings is 1. The molecule has 196 valence electrons. The minimum Gasteiger partial charge on any atom is -0.356 e. The Labute approximate surface area is 214 Å². The Morgan fingerprint density at radius 1 is 1.14 bits per heavy atom. The van der Waals surface area contributed by atoms with Gasteiger partial charge >= 0.3 is 0 Å². The van der Waals surface area contributed by atoms with Crippen LogP contribution in [0, 0.1) is 11.2 Å². The predicted octanol–water partition coefficient (Wildman–Crippen LogP) is 3.02. The van der Waals surface area contributed by atoms with Crippen LogP contribution in [0.5, 0.6) is 0 Å². The summed E-state index contributed by atoms with van der Waals surface area (Å²) in [5.41, 5.74) is 2.31. The highest BCUT2D eigenvalue weighted by atomic mass is 19.1. The number of amides is 1. The maximum absolute atomic E-state index is 13.7. The number of aromatic nitrogens is 4. The van der Waals surface area contributed by atoms with Gasteiger partial charge in [-0.15, -0.1) is 0 Å². The first-order chi connectivity index (χ1) is 17.9. The van der Waals surface area contributed by atoms with E-state index >= 15 is 0 Å². The summed E-state index contributed by atoms with van der Waals surface area (Å²) >= 11 is 0. The van der Waals surface area contributed by atoms with E-state index in [0.29, 0.717) is 54.7 Å². The molecule has 4 heterocycles. The summed E-state index contributed by atoms with van der Waals surface area (Å²) in [4.78, 5) is 28.6. The van der Waals surface area contributed by atoms with Gasteiger partial charge in [-0.2, -0.15) is 0 Å². The molecule has 11 heteroatoms. The monoisotopic (exact) mass is 509 g/mol. The molecular formula is C26H32FN7O3. The SMILES string of the molecule is CC(=O)NCC1(C)COC(c2nc(-c3ccc(F)cc3)c(-c3ccnc(NC4CCNCC4)n3)[nH]2)OC1. The first-order valence-electron chi connectivity index (χ1n) is 12.5. The molecule has 2 fully saturated rings. The number of nitrogens with zero attached hydrogens (tertiary/aromatic N) is 3. The van der Waals surface area contributed by atoms with Gasteiger partial charge in [-0.05, 0) is 56.3 Å². The van der Waals surface area contributed by atoms with Gasteiger partial charge in [0.2, 0.25) is 18.1 Å². The quantitative estimate of drug-likeness (QED) is 0.383. The van der Waals surface area contributed by atoms with Crippen LogP contribution in [0.2, 0.25) is 0 Å². The molecule has 3 aromatic rings. The number of carbonyl (C=O) groups is 1. The Morgan fingerprint density at radius 2 is 1.86 bits per heavy atom. The third kappa shape index (κ3) is 6.12. The fourth-order valence-electron chi connectivity index (χ4n) is 4.46. The van der Waals surface area contributed by atoms with Gasteiger partial charge in [0.15, 0.2) is 5.82 Å². The number of hydrogen-bond acceptors (Lipinski definition) is 8. The van der Waals surface area contributed by atoms with E-state index in [9.17, 15) is 9.18 Å². The van der Waals surface area contributed by atoms with Gasteiger partial charge in [0.25, 0.3) is 0 Å². The average Bonchev–Trinajstić information content (AvgIpc) is 3.35. The van der Waals surface area contributed by atoms with Crippen molar-refractivity contribution in [2.24, 2.45) is 5.41 Å². The van der Waals surface area contributed by atoms with E-state index < -0.39 is 6.29 Å². The van der Waals surface area contributed by atoms with Crippen LogP contribution in [-0.2, 0) is 14.3 Å². The fraction of sp³-hybridized carbons (Fsp3) is 0.462. The van der Waals surface area contributed by atoms with E-state index in [1.807, 2.05) is 13.0 Å². The van der Waals surface area contributed by atoms with Gasteiger partial charge in [0.1, 0.15) is 5.82 Å². The molecule has 5 rings (SSSR count). The van der Waals surface area contributed by atoms with Crippen LogP contribution >= 0.6 is 0 Å². The number of hydrogen-bond donors (Lipinski definition) is 4. The topological polar surface area (TPSA) is 126 Å². The summed E-state index contributed by atoms with van der Waals surface area (Å²) in [6, 6.07) is 8.28. The number of imidazole rings is 1. The number of rotatable bonds is 7. The molecule has 0 bridgehead atoms. The maximum atomic E-state index is 13.7. The van der Waals surface area contributed by atoms with E-state index in [4.69, 9.17) is 19.4 Å². The Kier molecular flexibility index (Phi) is 7.45. The standard InChI is InChI=1S/C26H32FN7O3/c1-16(35)30-13-26(2)14-36-24(37-15-26)23-33-21(17-3-5-18(27)6-4-17)22(34-23)20-9-12-29-25(32-20)31-19-7-10-28-11-8-19/h3-6,9,12,19,24,28H,7-8,10-11,13-15H2,1-2H3,(H,30,35)(H,33,34)(H,29,31,32). The molecule has 37 heavy (non-hydrogen) atoms. The molecule has 2 aromatic heterocycles. The number of carbonyl (C=O) groups excluding carboxylic acids is 1. The van der Waals surface area contributed by atoms with Crippen molar-refractivity contribution in [3.05, 3.63) is 48.2 Å². The molecule has 2 aliphatic heterocycles. The van der Waals surface area contributed by atoms with Gasteiger partial charge < -0.3 is 30.4 Å². The normalized spacial score (nSPS) is 22.5. The lowest BCUT2D eigenvalue weighted by molar-refractivity contribution is -0.232. The van der Waals surface area contributed by atoms with Crippen LogP contribution in [0.4, 0.5) is 10.3 Å². The second-order valence-corrected chi connectivity index (χ2v) is 9.96. The fourth-order valence-corrected chi connectivity index (χ4v) is 4.46. The van der Waals surface area contributed by atoms with Gasteiger partial charge in [-0.25, -0.2) is 19.3 Å². The van der Waals surface area contributed by atoms with Crippen LogP contribution < -0.4 is 16.0 Å². The molecule has 0 saturated carbocycles. The lowest BCUT2D eigenvalue weighted by atomic mass is 9.92. The first-order valence-corrected chi connectivity index (χ1v) is 12.5. The van der Waals surface area contributed by atoms with Gasteiger partial charge in [0.05, 0.1) is 30.3 Å². The van der Waals surface area contributed by atoms with Crippen molar-refractivity contribution in [2.75, 3.05) is 38.2 Å². The number of benzene rings is 1. The molecular weight excluding hydrogens is 477 g/mol. The third-order valence-electron chi connectivity index (χ3n) is 6.58. The van der Waals surface area contributed by atoms with Gasteiger partial charge in [0, 0.05) is 36.7 Å². The zero-order valence-electron chi connectivity index (χ0n) is 21.0. The van der Waals surface area contributed by atoms with Crippen molar-refractivity contribution in [1.29, 1.82) is 0 Å². The minimum atomic E-state index is -0.715. The molecule has 2 saturated heterocycles. The van der Waals surface area contributed by atoms with Gasteiger partial charge in [-0.3, -0.25) is 4.79 Å². The number of anilines is 1. The molecule has 0 spiro atoms. The highest BCUT2D eigenvalue weighted by molar-refractivity contribution is 5.77. The second kappa shape index (κ2) is 10.9. The minimum absolute atomic E-state index is 0.0955. The number of aromatic amines is 1. The van der Waals surface area contributed by atoms with Crippen LogP contribution in [0.1, 0.15) is 38.8 Å². The van der Waals surface area contributed by atoms with E-state index in [2.05, 4.69) is 25.9 Å². The second-order valence-electron chi connectivity index (χ2n) is 9.96. The highest BCUT2D eigenvalue weighted by Crippen LogP contribution is 2.35. The first kappa shape index (κ1) is 25.2. The van der Waals surface area contributed by atoms with E-state index in [0.717, 1.165) is 31.5 Å². The van der Waals surface area contributed by atoms with Crippen molar-refractivity contribution in [3.8, 4) is 22.6 Å². The summed E-state index contributed by atoms with van der Waals surface area (Å²) < 4.78 is 25.7. The van der Waals surface area contributed by atoms with Crippen LogP contribution in [0.3, 0.4) is 0 Å². The predicted molar refractivity (Wildman–Crippen MR) is 136 cm³/mol. The number of nitrogens with one attached hydrogen (secondary N) is 4. The number of H-pyrrole nitrogens is 1. The van der Waals surface area contributed by atoms with E-state index in [-0.39, 0.29) is 17.1 Å². The number of ether oxygens (including phenoxy) is 2. The van der Waals surface area contributed by atoms with Gasteiger partial charge in [-0.1, -0.05) is 6.92 Å². The Bertz CT molecular complexity index is 1220. The molecule has 2 aliphatic rings. The summed E-state index contributed by atoms with van der Waals surface area (Å²) in [6.45, 7) is 6.62. The number of halogens is 1. The van der Waals surface area contributed by atoms with E-state index in [1.165, 1.54) is 19.1 Å². The van der Waals surface area contributed by atoms with Crippen LogP contribution in [0.25, 0.3) is 22.6 Å². The highest BCUT2D eigenvalue weighted by Gasteiger charge is 2.35. The Balaban J connectivity index is 1.41. The maximum Gasteiger partial charge on any atom is 0.223 e. The van der Waals surface area contributed by atoms with Crippen LogP contribution in [0.15, 0.2) is 36.5 Å². The van der Waals surface area contributed by atoms with Crippen molar-refractivity contribution >= 4 is 11.9 Å².